The fraction of sp³-hybridized carbons (Fsp3) is 0.818. The van der Waals surface area contributed by atoms with Gasteiger partial charge in [0.15, 0.2) is 0 Å². The summed E-state index contributed by atoms with van der Waals surface area (Å²) in [6.07, 6.45) is 0. The topological polar surface area (TPSA) is 58.4 Å². The first-order valence-corrected chi connectivity index (χ1v) is 5.94. The van der Waals surface area contributed by atoms with Gasteiger partial charge in [-0.05, 0) is 27.7 Å². The van der Waals surface area contributed by atoms with Gasteiger partial charge in [0.2, 0.25) is 0 Å². The molecule has 0 spiro atoms. The SMILES string of the molecule is CCN(CC(C)C(N)=S)C(=O)NC(C)(C)C. The largest absolute Gasteiger partial charge is 0.393 e. The molecule has 0 aliphatic heterocycles. The number of hydrogen-bond donors (Lipinski definition) is 2. The molecule has 1 unspecified atom stereocenters. The van der Waals surface area contributed by atoms with Gasteiger partial charge >= 0.3 is 6.03 Å². The summed E-state index contributed by atoms with van der Waals surface area (Å²) in [5.74, 6) is 0.0423. The number of urea groups is 1. The van der Waals surface area contributed by atoms with E-state index >= 15 is 0 Å². The van der Waals surface area contributed by atoms with Gasteiger partial charge in [0.25, 0.3) is 0 Å². The first-order chi connectivity index (χ1) is 7.17. The van der Waals surface area contributed by atoms with Crippen molar-refractivity contribution in [3.05, 3.63) is 0 Å². The minimum atomic E-state index is -0.225. The van der Waals surface area contributed by atoms with Gasteiger partial charge < -0.3 is 16.0 Å². The quantitative estimate of drug-likeness (QED) is 0.742. The molecule has 0 saturated carbocycles. The second-order valence-corrected chi connectivity index (χ2v) is 5.49. The summed E-state index contributed by atoms with van der Waals surface area (Å²) in [6.45, 7) is 10.9. The Bertz CT molecular complexity index is 260. The van der Waals surface area contributed by atoms with E-state index in [1.165, 1.54) is 0 Å². The highest BCUT2D eigenvalue weighted by Gasteiger charge is 2.20. The minimum absolute atomic E-state index is 0.0423. The Kier molecular flexibility index (Phi) is 5.72. The summed E-state index contributed by atoms with van der Waals surface area (Å²) >= 11 is 4.90. The van der Waals surface area contributed by atoms with E-state index in [4.69, 9.17) is 18.0 Å². The average molecular weight is 245 g/mol. The van der Waals surface area contributed by atoms with Crippen LogP contribution in [0.25, 0.3) is 0 Å². The second-order valence-electron chi connectivity index (χ2n) is 5.02. The van der Waals surface area contributed by atoms with Gasteiger partial charge in [-0.25, -0.2) is 4.79 Å². The van der Waals surface area contributed by atoms with Crippen molar-refractivity contribution in [1.82, 2.24) is 10.2 Å². The van der Waals surface area contributed by atoms with Crippen LogP contribution in [-0.4, -0.2) is 34.5 Å². The van der Waals surface area contributed by atoms with Crippen LogP contribution in [0.4, 0.5) is 4.79 Å². The van der Waals surface area contributed by atoms with Crippen LogP contribution < -0.4 is 11.1 Å². The number of carbonyl (C=O) groups excluding carboxylic acids is 1. The highest BCUT2D eigenvalue weighted by molar-refractivity contribution is 7.80. The predicted molar refractivity (Wildman–Crippen MR) is 71.5 cm³/mol. The molecule has 0 heterocycles. The van der Waals surface area contributed by atoms with Crippen LogP contribution in [0.2, 0.25) is 0 Å². The van der Waals surface area contributed by atoms with E-state index in [0.29, 0.717) is 18.1 Å². The number of amides is 2. The standard InChI is InChI=1S/C11H23N3OS/c1-6-14(7-8(2)9(12)16)10(15)13-11(3,4)5/h8H,6-7H2,1-5H3,(H2,12,16)(H,13,15). The Morgan fingerprint density at radius 3 is 2.31 bits per heavy atom. The summed E-state index contributed by atoms with van der Waals surface area (Å²) < 4.78 is 0. The van der Waals surface area contributed by atoms with Gasteiger partial charge in [0, 0.05) is 24.5 Å². The zero-order chi connectivity index (χ0) is 12.9. The molecule has 0 radical (unpaired) electrons. The maximum Gasteiger partial charge on any atom is 0.317 e. The van der Waals surface area contributed by atoms with E-state index in [-0.39, 0.29) is 17.5 Å². The van der Waals surface area contributed by atoms with E-state index in [1.54, 1.807) is 4.90 Å². The predicted octanol–water partition coefficient (Wildman–Crippen LogP) is 1.74. The lowest BCUT2D eigenvalue weighted by Gasteiger charge is -2.29. The second kappa shape index (κ2) is 6.03. The molecule has 94 valence electrons. The Labute approximate surface area is 104 Å². The first-order valence-electron chi connectivity index (χ1n) is 5.53. The van der Waals surface area contributed by atoms with Crippen LogP contribution in [-0.2, 0) is 0 Å². The molecule has 0 aliphatic rings. The highest BCUT2D eigenvalue weighted by Crippen LogP contribution is 2.04. The van der Waals surface area contributed by atoms with Crippen molar-refractivity contribution in [2.75, 3.05) is 13.1 Å². The van der Waals surface area contributed by atoms with Gasteiger partial charge in [-0.1, -0.05) is 19.1 Å². The zero-order valence-corrected chi connectivity index (χ0v) is 11.6. The first kappa shape index (κ1) is 15.2. The van der Waals surface area contributed by atoms with Crippen LogP contribution >= 0.6 is 12.2 Å². The lowest BCUT2D eigenvalue weighted by molar-refractivity contribution is 0.188. The molecule has 0 saturated heterocycles. The molecule has 0 aliphatic carbocycles. The lowest BCUT2D eigenvalue weighted by Crippen LogP contribution is -2.50. The van der Waals surface area contributed by atoms with Crippen molar-refractivity contribution in [3.8, 4) is 0 Å². The maximum absolute atomic E-state index is 11.9. The smallest absolute Gasteiger partial charge is 0.317 e. The van der Waals surface area contributed by atoms with Crippen molar-refractivity contribution >= 4 is 23.2 Å². The Balaban J connectivity index is 4.39. The third-order valence-corrected chi connectivity index (χ3v) is 2.53. The van der Waals surface area contributed by atoms with Crippen molar-refractivity contribution < 1.29 is 4.79 Å². The molecule has 2 amide bonds. The van der Waals surface area contributed by atoms with Crippen molar-refractivity contribution in [2.45, 2.75) is 40.2 Å². The minimum Gasteiger partial charge on any atom is -0.393 e. The summed E-state index contributed by atoms with van der Waals surface area (Å²) in [5, 5.41) is 2.92. The lowest BCUT2D eigenvalue weighted by atomic mass is 10.1. The molecule has 4 nitrogen and oxygen atoms in total. The molecule has 16 heavy (non-hydrogen) atoms. The normalized spacial score (nSPS) is 13.1. The van der Waals surface area contributed by atoms with Crippen LogP contribution in [0.5, 0.6) is 0 Å². The van der Waals surface area contributed by atoms with Crippen LogP contribution in [0.3, 0.4) is 0 Å². The molecule has 0 aromatic heterocycles. The molecular weight excluding hydrogens is 222 g/mol. The van der Waals surface area contributed by atoms with Gasteiger partial charge in [-0.15, -0.1) is 0 Å². The number of hydrogen-bond acceptors (Lipinski definition) is 2. The Morgan fingerprint density at radius 1 is 1.50 bits per heavy atom. The number of nitrogens with one attached hydrogen (secondary N) is 1. The molecule has 0 aromatic rings. The molecule has 3 N–H and O–H groups in total. The zero-order valence-electron chi connectivity index (χ0n) is 10.8. The van der Waals surface area contributed by atoms with Gasteiger partial charge in [-0.3, -0.25) is 0 Å². The van der Waals surface area contributed by atoms with Crippen molar-refractivity contribution in [1.29, 1.82) is 0 Å². The maximum atomic E-state index is 11.9. The van der Waals surface area contributed by atoms with E-state index in [9.17, 15) is 4.79 Å². The summed E-state index contributed by atoms with van der Waals surface area (Å²) in [5.41, 5.74) is 5.31. The fourth-order valence-electron chi connectivity index (χ4n) is 1.18. The fourth-order valence-corrected chi connectivity index (χ4v) is 1.25. The van der Waals surface area contributed by atoms with Gasteiger partial charge in [0.05, 0.1) is 4.99 Å². The monoisotopic (exact) mass is 245 g/mol. The van der Waals surface area contributed by atoms with Crippen LogP contribution in [0.1, 0.15) is 34.6 Å². The number of nitrogens with two attached hydrogens (primary N) is 1. The molecule has 5 heteroatoms. The molecule has 0 aromatic carbocycles. The van der Waals surface area contributed by atoms with Crippen LogP contribution in [0, 0.1) is 5.92 Å². The molecule has 0 fully saturated rings. The van der Waals surface area contributed by atoms with E-state index in [2.05, 4.69) is 5.32 Å². The van der Waals surface area contributed by atoms with Crippen molar-refractivity contribution in [2.24, 2.45) is 11.7 Å². The van der Waals surface area contributed by atoms with Crippen LogP contribution in [0.15, 0.2) is 0 Å². The molecule has 1 atom stereocenters. The number of thiocarbonyl (C=S) groups is 1. The van der Waals surface area contributed by atoms with E-state index in [0.717, 1.165) is 0 Å². The highest BCUT2D eigenvalue weighted by atomic mass is 32.1. The van der Waals surface area contributed by atoms with Crippen molar-refractivity contribution in [3.63, 3.8) is 0 Å². The summed E-state index contributed by atoms with van der Waals surface area (Å²) in [6, 6.07) is -0.0712. The third-order valence-electron chi connectivity index (χ3n) is 2.13. The van der Waals surface area contributed by atoms with Gasteiger partial charge in [0.1, 0.15) is 0 Å². The van der Waals surface area contributed by atoms with E-state index < -0.39 is 0 Å². The molecular formula is C11H23N3OS. The number of carbonyl (C=O) groups is 1. The molecule has 0 bridgehead atoms. The molecule has 0 rings (SSSR count). The third kappa shape index (κ3) is 5.90. The number of rotatable bonds is 4. The Morgan fingerprint density at radius 2 is 2.00 bits per heavy atom. The summed E-state index contributed by atoms with van der Waals surface area (Å²) in [4.78, 5) is 14.0. The Hall–Kier alpha value is -0.840. The number of nitrogens with zero attached hydrogens (tertiary/aromatic N) is 1. The van der Waals surface area contributed by atoms with E-state index in [1.807, 2.05) is 34.6 Å². The summed E-state index contributed by atoms with van der Waals surface area (Å²) in [7, 11) is 0. The van der Waals surface area contributed by atoms with Gasteiger partial charge in [-0.2, -0.15) is 0 Å². The average Bonchev–Trinajstić information content (AvgIpc) is 2.10.